The van der Waals surface area contributed by atoms with E-state index in [1.807, 2.05) is 17.1 Å². The highest BCUT2D eigenvalue weighted by atomic mass is 16.4. The van der Waals surface area contributed by atoms with Crippen molar-refractivity contribution < 1.29 is 14.7 Å². The van der Waals surface area contributed by atoms with Gasteiger partial charge in [0.25, 0.3) is 0 Å². The zero-order valence-electron chi connectivity index (χ0n) is 12.1. The second kappa shape index (κ2) is 6.88. The smallest absolute Gasteiger partial charge is 0.307 e. The first-order chi connectivity index (χ1) is 9.63. The number of carboxylic acid groups (broad SMARTS) is 1. The zero-order valence-corrected chi connectivity index (χ0v) is 12.1. The molecule has 0 aromatic heterocycles. The molecule has 2 atom stereocenters. The summed E-state index contributed by atoms with van der Waals surface area (Å²) in [4.78, 5) is 28.0. The molecule has 1 fully saturated rings. The minimum atomic E-state index is -0.850. The van der Waals surface area contributed by atoms with E-state index >= 15 is 0 Å². The minimum Gasteiger partial charge on any atom is -0.481 e. The van der Waals surface area contributed by atoms with Crippen LogP contribution in [0.4, 0.5) is 0 Å². The number of rotatable bonds is 4. The number of hydrogen-bond donors (Lipinski definition) is 1. The molecule has 0 saturated carbocycles. The Morgan fingerprint density at radius 1 is 1.10 bits per heavy atom. The Balaban J connectivity index is 1.94. The van der Waals surface area contributed by atoms with Gasteiger partial charge in [-0.05, 0) is 25.8 Å². The van der Waals surface area contributed by atoms with E-state index in [9.17, 15) is 14.7 Å². The topological polar surface area (TPSA) is 60.9 Å². The lowest BCUT2D eigenvalue weighted by Crippen LogP contribution is -2.51. The molecule has 112 valence electrons. The van der Waals surface area contributed by atoms with Gasteiger partial charge in [-0.3, -0.25) is 14.5 Å². The highest BCUT2D eigenvalue weighted by Gasteiger charge is 2.36. The largest absolute Gasteiger partial charge is 0.481 e. The summed E-state index contributed by atoms with van der Waals surface area (Å²) >= 11 is 0. The van der Waals surface area contributed by atoms with Crippen LogP contribution in [0.15, 0.2) is 12.2 Å². The first-order valence-electron chi connectivity index (χ1n) is 7.52. The average molecular weight is 280 g/mol. The number of carbonyl (C=O) groups is 2. The van der Waals surface area contributed by atoms with Crippen molar-refractivity contribution in [3.8, 4) is 0 Å². The SMILES string of the molecule is CCCN1CCN(C(=O)C2CC=CCC2C(=O)O)CC1. The van der Waals surface area contributed by atoms with Crippen molar-refractivity contribution in [3.05, 3.63) is 12.2 Å². The summed E-state index contributed by atoms with van der Waals surface area (Å²) in [6, 6.07) is 0. The Morgan fingerprint density at radius 2 is 1.70 bits per heavy atom. The third-order valence-electron chi connectivity index (χ3n) is 4.29. The van der Waals surface area contributed by atoms with Gasteiger partial charge in [0.15, 0.2) is 0 Å². The first-order valence-corrected chi connectivity index (χ1v) is 7.52. The molecule has 1 aliphatic carbocycles. The van der Waals surface area contributed by atoms with Crippen molar-refractivity contribution in [3.63, 3.8) is 0 Å². The average Bonchev–Trinajstić information content (AvgIpc) is 2.47. The maximum Gasteiger partial charge on any atom is 0.307 e. The van der Waals surface area contributed by atoms with E-state index in [0.29, 0.717) is 12.8 Å². The Bertz CT molecular complexity index is 387. The van der Waals surface area contributed by atoms with Gasteiger partial charge in [0, 0.05) is 26.2 Å². The second-order valence-corrected chi connectivity index (χ2v) is 5.66. The quantitative estimate of drug-likeness (QED) is 0.786. The third kappa shape index (κ3) is 3.39. The van der Waals surface area contributed by atoms with E-state index < -0.39 is 11.9 Å². The number of allylic oxidation sites excluding steroid dienone is 2. The lowest BCUT2D eigenvalue weighted by molar-refractivity contribution is -0.151. The number of amides is 1. The van der Waals surface area contributed by atoms with Crippen molar-refractivity contribution in [2.45, 2.75) is 26.2 Å². The molecule has 0 aromatic rings. The summed E-state index contributed by atoms with van der Waals surface area (Å²) in [5.41, 5.74) is 0. The van der Waals surface area contributed by atoms with Crippen LogP contribution in [-0.2, 0) is 9.59 Å². The van der Waals surface area contributed by atoms with E-state index in [1.54, 1.807) is 0 Å². The summed E-state index contributed by atoms with van der Waals surface area (Å²) in [5, 5.41) is 9.26. The summed E-state index contributed by atoms with van der Waals surface area (Å²) in [7, 11) is 0. The lowest BCUT2D eigenvalue weighted by Gasteiger charge is -2.37. The number of aliphatic carboxylic acids is 1. The van der Waals surface area contributed by atoms with E-state index in [2.05, 4.69) is 11.8 Å². The molecule has 1 heterocycles. The van der Waals surface area contributed by atoms with Crippen LogP contribution in [0.1, 0.15) is 26.2 Å². The van der Waals surface area contributed by atoms with Crippen molar-refractivity contribution in [2.75, 3.05) is 32.7 Å². The van der Waals surface area contributed by atoms with Gasteiger partial charge in [-0.2, -0.15) is 0 Å². The molecule has 0 aromatic carbocycles. The third-order valence-corrected chi connectivity index (χ3v) is 4.29. The number of piperazine rings is 1. The Kier molecular flexibility index (Phi) is 5.17. The van der Waals surface area contributed by atoms with Crippen LogP contribution in [0.5, 0.6) is 0 Å². The normalized spacial score (nSPS) is 27.6. The van der Waals surface area contributed by atoms with Crippen LogP contribution >= 0.6 is 0 Å². The maximum atomic E-state index is 12.5. The number of carbonyl (C=O) groups excluding carboxylic acids is 1. The highest BCUT2D eigenvalue weighted by molar-refractivity contribution is 5.85. The van der Waals surface area contributed by atoms with Crippen molar-refractivity contribution >= 4 is 11.9 Å². The Morgan fingerprint density at radius 3 is 2.25 bits per heavy atom. The molecule has 2 aliphatic rings. The molecule has 0 spiro atoms. The van der Waals surface area contributed by atoms with Gasteiger partial charge in [-0.25, -0.2) is 0 Å². The molecule has 5 heteroatoms. The molecule has 2 rings (SSSR count). The molecule has 20 heavy (non-hydrogen) atoms. The van der Waals surface area contributed by atoms with Crippen LogP contribution in [0.25, 0.3) is 0 Å². The van der Waals surface area contributed by atoms with Crippen LogP contribution in [-0.4, -0.2) is 59.5 Å². The molecule has 5 nitrogen and oxygen atoms in total. The fourth-order valence-electron chi connectivity index (χ4n) is 3.10. The van der Waals surface area contributed by atoms with E-state index in [1.165, 1.54) is 0 Å². The molecular formula is C15H24N2O3. The van der Waals surface area contributed by atoms with Crippen LogP contribution < -0.4 is 0 Å². The van der Waals surface area contributed by atoms with Crippen LogP contribution in [0, 0.1) is 11.8 Å². The van der Waals surface area contributed by atoms with Gasteiger partial charge in [0.05, 0.1) is 11.8 Å². The molecular weight excluding hydrogens is 256 g/mol. The van der Waals surface area contributed by atoms with Gasteiger partial charge in [-0.1, -0.05) is 19.1 Å². The summed E-state index contributed by atoms with van der Waals surface area (Å²) in [5.74, 6) is -1.76. The summed E-state index contributed by atoms with van der Waals surface area (Å²) < 4.78 is 0. The number of nitrogens with zero attached hydrogens (tertiary/aromatic N) is 2. The molecule has 1 aliphatic heterocycles. The van der Waals surface area contributed by atoms with Gasteiger partial charge >= 0.3 is 5.97 Å². The monoisotopic (exact) mass is 280 g/mol. The number of hydrogen-bond acceptors (Lipinski definition) is 3. The van der Waals surface area contributed by atoms with Gasteiger partial charge < -0.3 is 10.0 Å². The lowest BCUT2D eigenvalue weighted by atomic mass is 9.82. The Labute approximate surface area is 120 Å². The molecule has 1 amide bonds. The number of carboxylic acids is 1. The Hall–Kier alpha value is -1.36. The minimum absolute atomic E-state index is 0.0258. The van der Waals surface area contributed by atoms with Gasteiger partial charge in [-0.15, -0.1) is 0 Å². The van der Waals surface area contributed by atoms with Crippen LogP contribution in [0.3, 0.4) is 0 Å². The standard InChI is InChI=1S/C15H24N2O3/c1-2-7-16-8-10-17(11-9-16)14(18)12-5-3-4-6-13(12)15(19)20/h3-4,12-13H,2,5-11H2,1H3,(H,19,20). The van der Waals surface area contributed by atoms with Crippen molar-refractivity contribution in [1.82, 2.24) is 9.80 Å². The molecule has 0 radical (unpaired) electrons. The second-order valence-electron chi connectivity index (χ2n) is 5.66. The molecule has 0 bridgehead atoms. The molecule has 1 N–H and O–H groups in total. The molecule has 1 saturated heterocycles. The first kappa shape index (κ1) is 15.0. The predicted molar refractivity (Wildman–Crippen MR) is 76.3 cm³/mol. The van der Waals surface area contributed by atoms with E-state index in [0.717, 1.165) is 39.1 Å². The van der Waals surface area contributed by atoms with E-state index in [4.69, 9.17) is 0 Å². The summed E-state index contributed by atoms with van der Waals surface area (Å²) in [6.45, 7) is 6.49. The fourth-order valence-corrected chi connectivity index (χ4v) is 3.10. The maximum absolute atomic E-state index is 12.5. The van der Waals surface area contributed by atoms with Gasteiger partial charge in [0.1, 0.15) is 0 Å². The van der Waals surface area contributed by atoms with Gasteiger partial charge in [0.2, 0.25) is 5.91 Å². The predicted octanol–water partition coefficient (Wildman–Crippen LogP) is 1.21. The fraction of sp³-hybridized carbons (Fsp3) is 0.733. The van der Waals surface area contributed by atoms with Crippen molar-refractivity contribution in [2.24, 2.45) is 11.8 Å². The zero-order chi connectivity index (χ0) is 14.5. The summed E-state index contributed by atoms with van der Waals surface area (Å²) in [6.07, 6.45) is 5.98. The molecule has 2 unspecified atom stereocenters. The van der Waals surface area contributed by atoms with Crippen molar-refractivity contribution in [1.29, 1.82) is 0 Å². The van der Waals surface area contributed by atoms with Crippen LogP contribution in [0.2, 0.25) is 0 Å². The highest BCUT2D eigenvalue weighted by Crippen LogP contribution is 2.28. The van der Waals surface area contributed by atoms with E-state index in [-0.39, 0.29) is 11.8 Å².